The Morgan fingerprint density at radius 1 is 0.913 bits per heavy atom. The fourth-order valence-electron chi connectivity index (χ4n) is 2.70. The van der Waals surface area contributed by atoms with Crippen molar-refractivity contribution in [3.8, 4) is 0 Å². The zero-order chi connectivity index (χ0) is 17.1. The Labute approximate surface area is 138 Å². The Kier molecular flexibility index (Phi) is 7.04. The Balaban J connectivity index is 2.05. The maximum absolute atomic E-state index is 10.2. The minimum Gasteiger partial charge on any atom is -0.394 e. The van der Waals surface area contributed by atoms with Crippen LogP contribution in [0.25, 0.3) is 0 Å². The van der Waals surface area contributed by atoms with Gasteiger partial charge in [0.15, 0.2) is 12.6 Å². The SMILES string of the molecule is CO[C@H]1O[C@H](CO)[C@@H](O[C@H]2O[C@H](CSC)[C@H](O)[C@H]2O)[C@H](O)[C@@H]1O. The summed E-state index contributed by atoms with van der Waals surface area (Å²) >= 11 is 1.44. The van der Waals surface area contributed by atoms with Crippen LogP contribution in [0.2, 0.25) is 0 Å². The van der Waals surface area contributed by atoms with Gasteiger partial charge >= 0.3 is 0 Å². The van der Waals surface area contributed by atoms with Gasteiger partial charge in [0.2, 0.25) is 0 Å². The highest BCUT2D eigenvalue weighted by Gasteiger charge is 2.50. The van der Waals surface area contributed by atoms with Gasteiger partial charge in [-0.3, -0.25) is 0 Å². The van der Waals surface area contributed by atoms with Crippen molar-refractivity contribution in [2.45, 2.75) is 55.3 Å². The summed E-state index contributed by atoms with van der Waals surface area (Å²) in [5, 5.41) is 49.4. The van der Waals surface area contributed by atoms with E-state index >= 15 is 0 Å². The van der Waals surface area contributed by atoms with Crippen molar-refractivity contribution in [1.82, 2.24) is 0 Å². The normalized spacial score (nSPS) is 47.9. The predicted molar refractivity (Wildman–Crippen MR) is 78.7 cm³/mol. The lowest BCUT2D eigenvalue weighted by Gasteiger charge is -2.42. The number of rotatable bonds is 6. The van der Waals surface area contributed by atoms with Crippen LogP contribution >= 0.6 is 11.8 Å². The van der Waals surface area contributed by atoms with Gasteiger partial charge in [-0.25, -0.2) is 0 Å². The molecule has 9 atom stereocenters. The van der Waals surface area contributed by atoms with Gasteiger partial charge in [-0.15, -0.1) is 0 Å². The molecule has 2 aliphatic rings. The Bertz CT molecular complexity index is 371. The van der Waals surface area contributed by atoms with Gasteiger partial charge in [0, 0.05) is 12.9 Å². The molecule has 0 spiro atoms. The van der Waals surface area contributed by atoms with Gasteiger partial charge < -0.3 is 44.5 Å². The number of thioether (sulfide) groups is 1. The van der Waals surface area contributed by atoms with Crippen molar-refractivity contribution < 1.29 is 44.5 Å². The number of aliphatic hydroxyl groups is 5. The molecule has 23 heavy (non-hydrogen) atoms. The van der Waals surface area contributed by atoms with Crippen molar-refractivity contribution in [2.75, 3.05) is 25.7 Å². The van der Waals surface area contributed by atoms with Crippen LogP contribution < -0.4 is 0 Å². The van der Waals surface area contributed by atoms with Gasteiger partial charge in [-0.05, 0) is 6.26 Å². The van der Waals surface area contributed by atoms with Crippen LogP contribution in [-0.4, -0.2) is 107 Å². The second-order valence-electron chi connectivity index (χ2n) is 5.52. The van der Waals surface area contributed by atoms with Crippen molar-refractivity contribution >= 4 is 11.8 Å². The molecule has 2 fully saturated rings. The smallest absolute Gasteiger partial charge is 0.187 e. The highest BCUT2D eigenvalue weighted by atomic mass is 32.2. The van der Waals surface area contributed by atoms with Crippen LogP contribution in [0.1, 0.15) is 0 Å². The van der Waals surface area contributed by atoms with Gasteiger partial charge in [0.05, 0.1) is 12.7 Å². The van der Waals surface area contributed by atoms with E-state index in [4.69, 9.17) is 18.9 Å². The van der Waals surface area contributed by atoms with Gasteiger partial charge in [0.1, 0.15) is 36.6 Å². The van der Waals surface area contributed by atoms with Crippen LogP contribution in [0.15, 0.2) is 0 Å². The second-order valence-corrected chi connectivity index (χ2v) is 6.43. The second kappa shape index (κ2) is 8.39. The molecule has 2 rings (SSSR count). The summed E-state index contributed by atoms with van der Waals surface area (Å²) < 4.78 is 21.2. The molecule has 0 aromatic carbocycles. The van der Waals surface area contributed by atoms with E-state index < -0.39 is 61.9 Å². The van der Waals surface area contributed by atoms with Gasteiger partial charge in [-0.2, -0.15) is 11.8 Å². The molecule has 0 saturated carbocycles. The third kappa shape index (κ3) is 3.98. The van der Waals surface area contributed by atoms with E-state index in [1.807, 2.05) is 6.26 Å². The van der Waals surface area contributed by atoms with Gasteiger partial charge in [0.25, 0.3) is 0 Å². The summed E-state index contributed by atoms with van der Waals surface area (Å²) in [7, 11) is 1.30. The highest BCUT2D eigenvalue weighted by Crippen LogP contribution is 2.30. The molecule has 0 radical (unpaired) electrons. The zero-order valence-electron chi connectivity index (χ0n) is 12.9. The van der Waals surface area contributed by atoms with Crippen LogP contribution in [0, 0.1) is 0 Å². The lowest BCUT2D eigenvalue weighted by Crippen LogP contribution is -2.61. The molecule has 2 saturated heterocycles. The highest BCUT2D eigenvalue weighted by molar-refractivity contribution is 7.98. The quantitative estimate of drug-likeness (QED) is 0.341. The number of hydrogen-bond acceptors (Lipinski definition) is 10. The van der Waals surface area contributed by atoms with Crippen molar-refractivity contribution in [3.63, 3.8) is 0 Å². The predicted octanol–water partition coefficient (Wildman–Crippen LogP) is -2.73. The summed E-state index contributed by atoms with van der Waals surface area (Å²) in [5.74, 6) is 0.458. The maximum Gasteiger partial charge on any atom is 0.187 e. The Hall–Kier alpha value is -0.0100. The summed E-state index contributed by atoms with van der Waals surface area (Å²) in [6.07, 6.45) is -8.47. The molecule has 0 aromatic rings. The molecule has 9 nitrogen and oxygen atoms in total. The first kappa shape index (κ1) is 19.3. The number of hydrogen-bond donors (Lipinski definition) is 5. The summed E-state index contributed by atoms with van der Waals surface area (Å²) in [6, 6.07) is 0. The third-order valence-corrected chi connectivity index (χ3v) is 4.66. The standard InChI is InChI=1S/C13H24O9S/c1-19-12-10(18)8(16)11(5(3-14)20-12)22-13-9(17)7(15)6(21-13)4-23-2/h5-18H,3-4H2,1-2H3/t5-,6-,7+,8-,9-,10+,11-,12+,13-/m1/s1. The van der Waals surface area contributed by atoms with Gasteiger partial charge in [-0.1, -0.05) is 0 Å². The molecule has 10 heteroatoms. The fourth-order valence-corrected chi connectivity index (χ4v) is 3.30. The van der Waals surface area contributed by atoms with Crippen LogP contribution in [-0.2, 0) is 18.9 Å². The fraction of sp³-hybridized carbons (Fsp3) is 1.00. The summed E-state index contributed by atoms with van der Waals surface area (Å²) in [4.78, 5) is 0. The van der Waals surface area contributed by atoms with E-state index in [0.29, 0.717) is 5.75 Å². The van der Waals surface area contributed by atoms with E-state index in [1.165, 1.54) is 18.9 Å². The molecule has 0 unspecified atom stereocenters. The first-order chi connectivity index (χ1) is 10.9. The molecule has 136 valence electrons. The average molecular weight is 356 g/mol. The zero-order valence-corrected chi connectivity index (χ0v) is 13.7. The molecule has 5 N–H and O–H groups in total. The van der Waals surface area contributed by atoms with E-state index in [-0.39, 0.29) is 0 Å². The third-order valence-electron chi connectivity index (χ3n) is 3.99. The minimum absolute atomic E-state index is 0.458. The molecule has 0 aliphatic carbocycles. The van der Waals surface area contributed by atoms with Crippen molar-refractivity contribution in [1.29, 1.82) is 0 Å². The lowest BCUT2D eigenvalue weighted by molar-refractivity contribution is -0.325. The molecule has 2 heterocycles. The first-order valence-corrected chi connectivity index (χ1v) is 8.65. The van der Waals surface area contributed by atoms with Crippen molar-refractivity contribution in [2.24, 2.45) is 0 Å². The lowest BCUT2D eigenvalue weighted by atomic mass is 9.99. The van der Waals surface area contributed by atoms with E-state index in [1.54, 1.807) is 0 Å². The van der Waals surface area contributed by atoms with Crippen LogP contribution in [0.4, 0.5) is 0 Å². The monoisotopic (exact) mass is 356 g/mol. The van der Waals surface area contributed by atoms with E-state index in [9.17, 15) is 25.5 Å². The largest absolute Gasteiger partial charge is 0.394 e. The Morgan fingerprint density at radius 3 is 2.09 bits per heavy atom. The van der Waals surface area contributed by atoms with Crippen LogP contribution in [0.3, 0.4) is 0 Å². The molecule has 0 amide bonds. The molecule has 0 aromatic heterocycles. The topological polar surface area (TPSA) is 138 Å². The molecule has 2 aliphatic heterocycles. The number of ether oxygens (including phenoxy) is 4. The van der Waals surface area contributed by atoms with E-state index in [2.05, 4.69) is 0 Å². The number of methoxy groups -OCH3 is 1. The summed E-state index contributed by atoms with van der Waals surface area (Å²) in [5.41, 5.74) is 0. The average Bonchev–Trinajstić information content (AvgIpc) is 2.81. The van der Waals surface area contributed by atoms with E-state index in [0.717, 1.165) is 0 Å². The first-order valence-electron chi connectivity index (χ1n) is 7.25. The number of aliphatic hydroxyl groups excluding tert-OH is 5. The maximum atomic E-state index is 10.2. The Morgan fingerprint density at radius 2 is 1.52 bits per heavy atom. The minimum atomic E-state index is -1.42. The summed E-state index contributed by atoms with van der Waals surface area (Å²) in [6.45, 7) is -0.492. The van der Waals surface area contributed by atoms with Crippen LogP contribution in [0.5, 0.6) is 0 Å². The van der Waals surface area contributed by atoms with Crippen molar-refractivity contribution in [3.05, 3.63) is 0 Å². The molecular weight excluding hydrogens is 332 g/mol. The molecular formula is C13H24O9S. The molecule has 0 bridgehead atoms.